The minimum absolute atomic E-state index is 0.0252. The number of hydrogen-bond acceptors (Lipinski definition) is 10. The molecule has 0 amide bonds. The molecule has 0 aliphatic heterocycles. The molecule has 1 aromatic rings. The van der Waals surface area contributed by atoms with Crippen LogP contribution in [0.4, 0.5) is 0 Å². The van der Waals surface area contributed by atoms with E-state index in [1.165, 1.54) is 25.7 Å². The van der Waals surface area contributed by atoms with Gasteiger partial charge in [0.25, 0.3) is 0 Å². The number of nitrogens with zero attached hydrogens (tertiary/aromatic N) is 3. The van der Waals surface area contributed by atoms with Gasteiger partial charge in [0.1, 0.15) is 5.69 Å². The van der Waals surface area contributed by atoms with Gasteiger partial charge in [0.2, 0.25) is 0 Å². The predicted octanol–water partition coefficient (Wildman–Crippen LogP) is 5.49. The Hall–Kier alpha value is -1.44. The maximum atomic E-state index is 11.9. The summed E-state index contributed by atoms with van der Waals surface area (Å²) in [6.07, 6.45) is 18.6. The Morgan fingerprint density at radius 3 is 2.31 bits per heavy atom. The second-order valence-electron chi connectivity index (χ2n) is 16.6. The number of ether oxygens (including phenoxy) is 5. The third-order valence-electron chi connectivity index (χ3n) is 13.2. The molecule has 0 aromatic carbocycles. The molecule has 2 unspecified atom stereocenters. The van der Waals surface area contributed by atoms with E-state index in [0.717, 1.165) is 81.9 Å². The molecular formula is C40H69N3O8. The molecule has 4 aliphatic carbocycles. The lowest BCUT2D eigenvalue weighted by molar-refractivity contribution is -0.105. The van der Waals surface area contributed by atoms with E-state index in [2.05, 4.69) is 37.2 Å². The van der Waals surface area contributed by atoms with Gasteiger partial charge in [0.05, 0.1) is 90.5 Å². The molecule has 0 radical (unpaired) electrons. The third-order valence-corrected chi connectivity index (χ3v) is 13.2. The predicted molar refractivity (Wildman–Crippen MR) is 195 cm³/mol. The van der Waals surface area contributed by atoms with Crippen molar-refractivity contribution < 1.29 is 39.0 Å². The largest absolute Gasteiger partial charge is 0.394 e. The first-order valence-corrected chi connectivity index (χ1v) is 20.2. The number of aliphatic hydroxyl groups is 3. The van der Waals surface area contributed by atoms with E-state index in [1.807, 2.05) is 6.20 Å². The van der Waals surface area contributed by atoms with Gasteiger partial charge < -0.3 is 39.0 Å². The molecule has 3 N–H and O–H groups in total. The molecule has 3 saturated carbocycles. The molecule has 11 heteroatoms. The lowest BCUT2D eigenvalue weighted by Gasteiger charge is -2.59. The van der Waals surface area contributed by atoms with E-state index in [-0.39, 0.29) is 23.5 Å². The van der Waals surface area contributed by atoms with Gasteiger partial charge in [0, 0.05) is 6.61 Å². The molecule has 1 aromatic heterocycles. The van der Waals surface area contributed by atoms with Crippen LogP contribution in [0.15, 0.2) is 17.8 Å². The summed E-state index contributed by atoms with van der Waals surface area (Å²) >= 11 is 0. The van der Waals surface area contributed by atoms with Crippen LogP contribution in [0.1, 0.15) is 110 Å². The van der Waals surface area contributed by atoms with Crippen LogP contribution in [-0.2, 0) is 36.8 Å². The zero-order valence-electron chi connectivity index (χ0n) is 31.9. The SMILES string of the molecule is CC(O)(CCCCCCOCCOCc1cn(CCOCCOCCOCCO)nn1)C1CC[C@H]2[C@@H]3CC=C4C[C@@H](O)CC[C@]4(C)[C@H]3CC[C@]12C. The number of aromatic nitrogens is 3. The van der Waals surface area contributed by atoms with Gasteiger partial charge in [0.15, 0.2) is 0 Å². The molecule has 8 atom stereocenters. The van der Waals surface area contributed by atoms with Crippen LogP contribution in [0.2, 0.25) is 0 Å². The number of aliphatic hydroxyl groups excluding tert-OH is 2. The summed E-state index contributed by atoms with van der Waals surface area (Å²) in [5.74, 6) is 2.57. The van der Waals surface area contributed by atoms with Crippen molar-refractivity contribution in [3.05, 3.63) is 23.5 Å². The third kappa shape index (κ3) is 10.8. The Balaban J connectivity index is 0.876. The molecule has 0 spiro atoms. The standard InChI is InChI=1S/C40H69N3O8/c1-38-15-12-33(45)28-31(38)8-9-34-35-10-11-37(39(35,2)16-13-36(34)38)40(3,46)14-6-4-5-7-19-47-26-27-51-30-32-29-43(42-41-32)17-20-48-22-24-50-25-23-49-21-18-44/h8,29,33-37,44-46H,4-7,9-28,30H2,1-3H3/t33-,34-,35-,36-,37?,38-,39-,40?/m0/s1. The molecule has 292 valence electrons. The zero-order chi connectivity index (χ0) is 36.2. The molecule has 0 bridgehead atoms. The number of allylic oxidation sites excluding steroid dienone is 1. The van der Waals surface area contributed by atoms with E-state index in [0.29, 0.717) is 77.8 Å². The average molecular weight is 720 g/mol. The first kappa shape index (κ1) is 40.7. The minimum Gasteiger partial charge on any atom is -0.394 e. The lowest BCUT2D eigenvalue weighted by Crippen LogP contribution is -2.53. The Morgan fingerprint density at radius 2 is 1.53 bits per heavy atom. The van der Waals surface area contributed by atoms with Crippen molar-refractivity contribution in [1.29, 1.82) is 0 Å². The number of unbranched alkanes of at least 4 members (excludes halogenated alkanes) is 3. The van der Waals surface area contributed by atoms with Gasteiger partial charge in [-0.3, -0.25) is 0 Å². The van der Waals surface area contributed by atoms with Crippen LogP contribution in [0.25, 0.3) is 0 Å². The average Bonchev–Trinajstić information content (AvgIpc) is 3.72. The molecule has 1 heterocycles. The van der Waals surface area contributed by atoms with Crippen LogP contribution in [0, 0.1) is 34.5 Å². The number of rotatable bonds is 24. The van der Waals surface area contributed by atoms with Crippen LogP contribution < -0.4 is 0 Å². The first-order chi connectivity index (χ1) is 24.7. The fourth-order valence-electron chi connectivity index (χ4n) is 10.6. The second-order valence-corrected chi connectivity index (χ2v) is 16.6. The first-order valence-electron chi connectivity index (χ1n) is 20.2. The van der Waals surface area contributed by atoms with Crippen molar-refractivity contribution in [2.75, 3.05) is 66.1 Å². The second kappa shape index (κ2) is 19.8. The van der Waals surface area contributed by atoms with Gasteiger partial charge in [-0.2, -0.15) is 0 Å². The van der Waals surface area contributed by atoms with Gasteiger partial charge in [-0.15, -0.1) is 5.10 Å². The Labute approximate surface area is 306 Å². The van der Waals surface area contributed by atoms with E-state index < -0.39 is 5.60 Å². The highest BCUT2D eigenvalue weighted by molar-refractivity contribution is 5.25. The van der Waals surface area contributed by atoms with Crippen LogP contribution in [0.5, 0.6) is 0 Å². The Bertz CT molecular complexity index is 1190. The quantitative estimate of drug-likeness (QED) is 0.0929. The van der Waals surface area contributed by atoms with E-state index >= 15 is 0 Å². The van der Waals surface area contributed by atoms with Crippen molar-refractivity contribution in [3.8, 4) is 0 Å². The van der Waals surface area contributed by atoms with Crippen molar-refractivity contribution in [2.45, 2.75) is 129 Å². The molecule has 5 rings (SSSR count). The highest BCUT2D eigenvalue weighted by atomic mass is 16.5. The molecule has 4 aliphatic rings. The minimum atomic E-state index is -0.606. The van der Waals surface area contributed by atoms with E-state index in [4.69, 9.17) is 28.8 Å². The molecule has 3 fully saturated rings. The number of hydrogen-bond donors (Lipinski definition) is 3. The summed E-state index contributed by atoms with van der Waals surface area (Å²) in [4.78, 5) is 0. The van der Waals surface area contributed by atoms with Crippen molar-refractivity contribution in [1.82, 2.24) is 15.0 Å². The van der Waals surface area contributed by atoms with Crippen molar-refractivity contribution in [3.63, 3.8) is 0 Å². The molecule has 11 nitrogen and oxygen atoms in total. The van der Waals surface area contributed by atoms with E-state index in [9.17, 15) is 10.2 Å². The summed E-state index contributed by atoms with van der Waals surface area (Å²) in [7, 11) is 0. The van der Waals surface area contributed by atoms with Crippen LogP contribution >= 0.6 is 0 Å². The van der Waals surface area contributed by atoms with Crippen molar-refractivity contribution >= 4 is 0 Å². The summed E-state index contributed by atoms with van der Waals surface area (Å²) in [5.41, 5.74) is 2.23. The normalized spacial score (nSPS) is 31.5. The highest BCUT2D eigenvalue weighted by Gasteiger charge is 2.61. The molecular weight excluding hydrogens is 650 g/mol. The monoisotopic (exact) mass is 720 g/mol. The van der Waals surface area contributed by atoms with Crippen LogP contribution in [0.3, 0.4) is 0 Å². The summed E-state index contributed by atoms with van der Waals surface area (Å²) in [6.45, 7) is 12.8. The topological polar surface area (TPSA) is 138 Å². The smallest absolute Gasteiger partial charge is 0.108 e. The van der Waals surface area contributed by atoms with E-state index in [1.54, 1.807) is 10.3 Å². The Kier molecular flexibility index (Phi) is 15.8. The lowest BCUT2D eigenvalue weighted by atomic mass is 9.46. The number of fused-ring (bicyclic) bond motifs is 5. The van der Waals surface area contributed by atoms with Gasteiger partial charge in [-0.1, -0.05) is 50.0 Å². The van der Waals surface area contributed by atoms with Crippen molar-refractivity contribution in [2.24, 2.45) is 34.5 Å². The summed E-state index contributed by atoms with van der Waals surface area (Å²) in [6, 6.07) is 0. The maximum Gasteiger partial charge on any atom is 0.108 e. The van der Waals surface area contributed by atoms with Gasteiger partial charge in [-0.05, 0) is 106 Å². The fourth-order valence-corrected chi connectivity index (χ4v) is 10.6. The van der Waals surface area contributed by atoms with Crippen LogP contribution in [-0.4, -0.2) is 108 Å². The fraction of sp³-hybridized carbons (Fsp3) is 0.900. The zero-order valence-corrected chi connectivity index (χ0v) is 31.9. The maximum absolute atomic E-state index is 11.9. The Morgan fingerprint density at radius 1 is 0.824 bits per heavy atom. The summed E-state index contributed by atoms with van der Waals surface area (Å²) < 4.78 is 29.4. The molecule has 51 heavy (non-hydrogen) atoms. The van der Waals surface area contributed by atoms with Gasteiger partial charge in [-0.25, -0.2) is 4.68 Å². The summed E-state index contributed by atoms with van der Waals surface area (Å²) in [5, 5.41) is 39.2. The highest BCUT2D eigenvalue weighted by Crippen LogP contribution is 2.67. The molecule has 0 saturated heterocycles. The van der Waals surface area contributed by atoms with Gasteiger partial charge >= 0.3 is 0 Å².